The van der Waals surface area contributed by atoms with Gasteiger partial charge in [-0.3, -0.25) is 9.69 Å². The second-order valence-electron chi connectivity index (χ2n) is 7.24. The maximum absolute atomic E-state index is 14.0. The molecule has 2 aliphatic rings. The van der Waals surface area contributed by atoms with E-state index < -0.39 is 5.60 Å². The summed E-state index contributed by atoms with van der Waals surface area (Å²) in [4.78, 5) is 14.6. The fraction of sp³-hybridized carbons (Fsp3) is 0.381. The van der Waals surface area contributed by atoms with Crippen molar-refractivity contribution in [3.05, 3.63) is 59.4 Å². The van der Waals surface area contributed by atoms with Gasteiger partial charge in [0.05, 0.1) is 19.2 Å². The Kier molecular flexibility index (Phi) is 4.74. The van der Waals surface area contributed by atoms with Crippen LogP contribution in [0.25, 0.3) is 0 Å². The lowest BCUT2D eigenvalue weighted by Gasteiger charge is -2.42. The Hall–Kier alpha value is -2.60. The first-order valence-corrected chi connectivity index (χ1v) is 9.20. The van der Waals surface area contributed by atoms with Crippen molar-refractivity contribution in [2.45, 2.75) is 25.0 Å². The number of carbonyl (C=O) groups excluding carboxylic acids is 1. The number of nitrogens with zero attached hydrogens (tertiary/aromatic N) is 1. The van der Waals surface area contributed by atoms with Crippen molar-refractivity contribution in [3.63, 3.8) is 0 Å². The molecule has 0 radical (unpaired) electrons. The highest BCUT2D eigenvalue weighted by Crippen LogP contribution is 2.34. The zero-order valence-corrected chi connectivity index (χ0v) is 15.3. The van der Waals surface area contributed by atoms with Gasteiger partial charge in [-0.1, -0.05) is 18.2 Å². The standard InChI is InChI=1S/C21H23FN2O3/c1-26-16-7-8-17-19(11-16)27-21(13-23-20(17)25)9-4-10-24(14-21)12-15-5-2-3-6-18(15)22/h2-3,5-8,11H,4,9-10,12-14H2,1H3,(H,23,25)/t21-/m1/s1. The van der Waals surface area contributed by atoms with E-state index in [1.54, 1.807) is 31.4 Å². The molecule has 2 heterocycles. The predicted molar refractivity (Wildman–Crippen MR) is 99.6 cm³/mol. The second-order valence-corrected chi connectivity index (χ2v) is 7.24. The lowest BCUT2D eigenvalue weighted by Crippen LogP contribution is -2.56. The van der Waals surface area contributed by atoms with Gasteiger partial charge in [0.25, 0.3) is 5.91 Å². The molecule has 1 atom stereocenters. The molecule has 4 rings (SSSR count). The van der Waals surface area contributed by atoms with Crippen LogP contribution in [0, 0.1) is 5.82 Å². The fourth-order valence-corrected chi connectivity index (χ4v) is 3.93. The van der Waals surface area contributed by atoms with Gasteiger partial charge in [-0.25, -0.2) is 4.39 Å². The first-order chi connectivity index (χ1) is 13.1. The zero-order valence-electron chi connectivity index (χ0n) is 15.3. The first kappa shape index (κ1) is 17.8. The summed E-state index contributed by atoms with van der Waals surface area (Å²) in [6.07, 6.45) is 1.75. The van der Waals surface area contributed by atoms with Crippen LogP contribution in [0.15, 0.2) is 42.5 Å². The van der Waals surface area contributed by atoms with Crippen LogP contribution in [-0.4, -0.2) is 43.2 Å². The summed E-state index contributed by atoms with van der Waals surface area (Å²) in [5.41, 5.74) is 0.657. The number of hydrogen-bond acceptors (Lipinski definition) is 4. The highest BCUT2D eigenvalue weighted by molar-refractivity contribution is 5.97. The van der Waals surface area contributed by atoms with Gasteiger partial charge in [0.15, 0.2) is 0 Å². The molecule has 1 fully saturated rings. The number of halogens is 1. The van der Waals surface area contributed by atoms with E-state index in [1.165, 1.54) is 6.07 Å². The number of carbonyl (C=O) groups is 1. The predicted octanol–water partition coefficient (Wildman–Crippen LogP) is 2.99. The van der Waals surface area contributed by atoms with Gasteiger partial charge < -0.3 is 14.8 Å². The van der Waals surface area contributed by atoms with Crippen molar-refractivity contribution in [3.8, 4) is 11.5 Å². The van der Waals surface area contributed by atoms with Gasteiger partial charge in [-0.2, -0.15) is 0 Å². The molecule has 2 aliphatic heterocycles. The number of nitrogens with one attached hydrogen (secondary N) is 1. The molecular formula is C21H23FN2O3. The van der Waals surface area contributed by atoms with E-state index in [-0.39, 0.29) is 11.7 Å². The van der Waals surface area contributed by atoms with Crippen molar-refractivity contribution in [1.82, 2.24) is 10.2 Å². The van der Waals surface area contributed by atoms with Crippen LogP contribution in [0.2, 0.25) is 0 Å². The van der Waals surface area contributed by atoms with Crippen LogP contribution in [-0.2, 0) is 6.54 Å². The molecular weight excluding hydrogens is 347 g/mol. The molecule has 6 heteroatoms. The monoisotopic (exact) mass is 370 g/mol. The van der Waals surface area contributed by atoms with Gasteiger partial charge in [0, 0.05) is 24.7 Å². The summed E-state index contributed by atoms with van der Waals surface area (Å²) in [6.45, 7) is 2.45. The highest BCUT2D eigenvalue weighted by Gasteiger charge is 2.41. The topological polar surface area (TPSA) is 50.8 Å². The summed E-state index contributed by atoms with van der Waals surface area (Å²) in [7, 11) is 1.59. The summed E-state index contributed by atoms with van der Waals surface area (Å²) < 4.78 is 25.7. The van der Waals surface area contributed by atoms with Crippen molar-refractivity contribution in [1.29, 1.82) is 0 Å². The smallest absolute Gasteiger partial charge is 0.255 e. The number of fused-ring (bicyclic) bond motifs is 1. The molecule has 0 aromatic heterocycles. The van der Waals surface area contributed by atoms with Crippen molar-refractivity contribution < 1.29 is 18.7 Å². The molecule has 1 spiro atoms. The molecule has 2 aromatic carbocycles. The third kappa shape index (κ3) is 3.62. The Labute approximate surface area is 158 Å². The minimum absolute atomic E-state index is 0.143. The molecule has 1 amide bonds. The Bertz CT molecular complexity index is 857. The number of hydrogen-bond donors (Lipinski definition) is 1. The largest absolute Gasteiger partial charge is 0.497 e. The minimum Gasteiger partial charge on any atom is -0.497 e. The Morgan fingerprint density at radius 1 is 1.30 bits per heavy atom. The Morgan fingerprint density at radius 3 is 2.96 bits per heavy atom. The summed E-state index contributed by atoms with van der Waals surface area (Å²) >= 11 is 0. The molecule has 0 saturated carbocycles. The maximum Gasteiger partial charge on any atom is 0.255 e. The molecule has 0 bridgehead atoms. The van der Waals surface area contributed by atoms with Gasteiger partial charge >= 0.3 is 0 Å². The number of amides is 1. The van der Waals surface area contributed by atoms with Crippen LogP contribution < -0.4 is 14.8 Å². The molecule has 0 unspecified atom stereocenters. The van der Waals surface area contributed by atoms with Gasteiger partial charge in [0.1, 0.15) is 22.9 Å². The number of rotatable bonds is 3. The van der Waals surface area contributed by atoms with Crippen LogP contribution in [0.4, 0.5) is 4.39 Å². The fourth-order valence-electron chi connectivity index (χ4n) is 3.93. The van der Waals surface area contributed by atoms with Gasteiger partial charge in [-0.15, -0.1) is 0 Å². The minimum atomic E-state index is -0.531. The van der Waals surface area contributed by atoms with E-state index in [0.717, 1.165) is 19.4 Å². The molecule has 2 aromatic rings. The summed E-state index contributed by atoms with van der Waals surface area (Å²) in [5.74, 6) is 0.854. The first-order valence-electron chi connectivity index (χ1n) is 9.20. The van der Waals surface area contributed by atoms with E-state index in [2.05, 4.69) is 10.2 Å². The van der Waals surface area contributed by atoms with E-state index in [9.17, 15) is 9.18 Å². The normalized spacial score (nSPS) is 22.5. The third-order valence-electron chi connectivity index (χ3n) is 5.30. The number of ether oxygens (including phenoxy) is 2. The van der Waals surface area contributed by atoms with E-state index in [4.69, 9.17) is 9.47 Å². The van der Waals surface area contributed by atoms with Crippen LogP contribution in [0.1, 0.15) is 28.8 Å². The lowest BCUT2D eigenvalue weighted by molar-refractivity contribution is -0.00745. The summed E-state index contributed by atoms with van der Waals surface area (Å²) in [6, 6.07) is 12.1. The van der Waals surface area contributed by atoms with Gasteiger partial charge in [0.2, 0.25) is 0 Å². The summed E-state index contributed by atoms with van der Waals surface area (Å²) in [5, 5.41) is 2.99. The van der Waals surface area contributed by atoms with Crippen LogP contribution in [0.3, 0.4) is 0 Å². The Morgan fingerprint density at radius 2 is 2.15 bits per heavy atom. The maximum atomic E-state index is 14.0. The van der Waals surface area contributed by atoms with Crippen LogP contribution in [0.5, 0.6) is 11.5 Å². The molecule has 142 valence electrons. The van der Waals surface area contributed by atoms with E-state index in [0.29, 0.717) is 42.3 Å². The number of piperidine rings is 1. The van der Waals surface area contributed by atoms with Crippen molar-refractivity contribution >= 4 is 5.91 Å². The molecule has 0 aliphatic carbocycles. The van der Waals surface area contributed by atoms with Crippen molar-refractivity contribution in [2.75, 3.05) is 26.7 Å². The second kappa shape index (κ2) is 7.19. The number of likely N-dealkylation sites (tertiary alicyclic amines) is 1. The van der Waals surface area contributed by atoms with Crippen LogP contribution >= 0.6 is 0 Å². The lowest BCUT2D eigenvalue weighted by atomic mass is 9.92. The highest BCUT2D eigenvalue weighted by atomic mass is 19.1. The SMILES string of the molecule is COc1ccc2c(c1)O[C@]1(CCCN(Cc3ccccc3F)C1)CNC2=O. The number of benzene rings is 2. The molecule has 5 nitrogen and oxygen atoms in total. The van der Waals surface area contributed by atoms with E-state index >= 15 is 0 Å². The quantitative estimate of drug-likeness (QED) is 0.903. The molecule has 27 heavy (non-hydrogen) atoms. The molecule has 1 N–H and O–H groups in total. The van der Waals surface area contributed by atoms with E-state index in [1.807, 2.05) is 12.1 Å². The number of methoxy groups -OCH3 is 1. The van der Waals surface area contributed by atoms with Gasteiger partial charge in [-0.05, 0) is 37.6 Å². The molecule has 1 saturated heterocycles. The average molecular weight is 370 g/mol. The zero-order chi connectivity index (χ0) is 18.9. The Balaban J connectivity index is 1.58. The average Bonchev–Trinajstić information content (AvgIpc) is 2.80. The third-order valence-corrected chi connectivity index (χ3v) is 5.30. The van der Waals surface area contributed by atoms with Crippen molar-refractivity contribution in [2.24, 2.45) is 0 Å².